The highest BCUT2D eigenvalue weighted by molar-refractivity contribution is 5.87. The Hall–Kier alpha value is -2.14. The van der Waals surface area contributed by atoms with Gasteiger partial charge in [0.15, 0.2) is 5.75 Å². The zero-order valence-corrected chi connectivity index (χ0v) is 14.7. The lowest BCUT2D eigenvalue weighted by molar-refractivity contribution is 0.143. The molecular formula is C19H25N3O2. The van der Waals surface area contributed by atoms with Gasteiger partial charge in [-0.1, -0.05) is 6.07 Å². The lowest BCUT2D eigenvalue weighted by atomic mass is 10.0. The fourth-order valence-electron chi connectivity index (χ4n) is 3.03. The molecule has 1 unspecified atom stereocenters. The molecule has 1 aromatic heterocycles. The van der Waals surface area contributed by atoms with E-state index in [0.29, 0.717) is 5.75 Å². The van der Waals surface area contributed by atoms with Gasteiger partial charge in [-0.25, -0.2) is 4.79 Å². The number of amides is 1. The fourth-order valence-corrected chi connectivity index (χ4v) is 3.03. The molecule has 0 radical (unpaired) electrons. The predicted molar refractivity (Wildman–Crippen MR) is 95.3 cm³/mol. The van der Waals surface area contributed by atoms with E-state index in [2.05, 4.69) is 22.9 Å². The van der Waals surface area contributed by atoms with Gasteiger partial charge in [0, 0.05) is 30.7 Å². The summed E-state index contributed by atoms with van der Waals surface area (Å²) < 4.78 is 5.74. The van der Waals surface area contributed by atoms with Crippen LogP contribution in [0.3, 0.4) is 0 Å². The zero-order chi connectivity index (χ0) is 17.1. The summed E-state index contributed by atoms with van der Waals surface area (Å²) in [6, 6.07) is 8.20. The minimum Gasteiger partial charge on any atom is -0.408 e. The number of benzene rings is 1. The van der Waals surface area contributed by atoms with Crippen LogP contribution in [0.5, 0.6) is 5.75 Å². The number of nitrogens with zero attached hydrogens (tertiary/aromatic N) is 3. The topological polar surface area (TPSA) is 45.7 Å². The largest absolute Gasteiger partial charge is 0.415 e. The highest BCUT2D eigenvalue weighted by Crippen LogP contribution is 2.30. The quantitative estimate of drug-likeness (QED) is 0.859. The van der Waals surface area contributed by atoms with Gasteiger partial charge in [0.2, 0.25) is 0 Å². The van der Waals surface area contributed by atoms with Gasteiger partial charge in [-0.2, -0.15) is 0 Å². The van der Waals surface area contributed by atoms with Crippen LogP contribution in [0.4, 0.5) is 4.79 Å². The molecule has 5 nitrogen and oxygen atoms in total. The van der Waals surface area contributed by atoms with Crippen LogP contribution in [0.25, 0.3) is 10.9 Å². The van der Waals surface area contributed by atoms with Crippen molar-refractivity contribution in [3.8, 4) is 5.75 Å². The number of aromatic nitrogens is 1. The minimum atomic E-state index is -0.267. The van der Waals surface area contributed by atoms with Crippen LogP contribution >= 0.6 is 0 Å². The maximum absolute atomic E-state index is 12.5. The van der Waals surface area contributed by atoms with Gasteiger partial charge < -0.3 is 14.5 Å². The molecule has 1 amide bonds. The Morgan fingerprint density at radius 3 is 2.71 bits per heavy atom. The van der Waals surface area contributed by atoms with Crippen molar-refractivity contribution >= 4 is 17.0 Å². The Balaban J connectivity index is 1.94. The summed E-state index contributed by atoms with van der Waals surface area (Å²) >= 11 is 0. The van der Waals surface area contributed by atoms with E-state index in [0.717, 1.165) is 42.4 Å². The number of rotatable bonds is 3. The summed E-state index contributed by atoms with van der Waals surface area (Å²) in [5.74, 6) is 0.548. The Labute approximate surface area is 143 Å². The van der Waals surface area contributed by atoms with Crippen molar-refractivity contribution in [2.75, 3.05) is 27.2 Å². The standard InChI is InChI=1S/C19H25N3O2/c1-14(21(2)3)16-12-15-8-7-9-20-18(15)17(13-16)24-19(23)22-10-5-4-6-11-22/h7-9,12-14H,4-6,10-11H2,1-3H3. The van der Waals surface area contributed by atoms with Crippen LogP contribution < -0.4 is 4.74 Å². The summed E-state index contributed by atoms with van der Waals surface area (Å²) in [5.41, 5.74) is 1.85. The Bertz CT molecular complexity index is 724. The van der Waals surface area contributed by atoms with Crippen LogP contribution in [-0.2, 0) is 0 Å². The van der Waals surface area contributed by atoms with E-state index in [4.69, 9.17) is 4.74 Å². The van der Waals surface area contributed by atoms with Crippen LogP contribution in [0.15, 0.2) is 30.5 Å². The molecule has 1 aliphatic heterocycles. The summed E-state index contributed by atoms with van der Waals surface area (Å²) in [4.78, 5) is 20.8. The number of pyridine rings is 1. The average molecular weight is 327 g/mol. The molecule has 5 heteroatoms. The Morgan fingerprint density at radius 2 is 2.00 bits per heavy atom. The third-order valence-corrected chi connectivity index (χ3v) is 4.76. The van der Waals surface area contributed by atoms with Crippen molar-refractivity contribution in [1.82, 2.24) is 14.8 Å². The predicted octanol–water partition coefficient (Wildman–Crippen LogP) is 3.84. The molecule has 1 atom stereocenters. The van der Waals surface area contributed by atoms with Crippen molar-refractivity contribution in [2.45, 2.75) is 32.2 Å². The van der Waals surface area contributed by atoms with Gasteiger partial charge in [-0.3, -0.25) is 4.98 Å². The van der Waals surface area contributed by atoms with Gasteiger partial charge in [-0.15, -0.1) is 0 Å². The highest BCUT2D eigenvalue weighted by Gasteiger charge is 2.21. The van der Waals surface area contributed by atoms with E-state index in [1.165, 1.54) is 6.42 Å². The van der Waals surface area contributed by atoms with E-state index >= 15 is 0 Å². The third-order valence-electron chi connectivity index (χ3n) is 4.76. The minimum absolute atomic E-state index is 0.224. The molecule has 1 aromatic carbocycles. The van der Waals surface area contributed by atoms with Crippen LogP contribution in [0, 0.1) is 0 Å². The Morgan fingerprint density at radius 1 is 1.25 bits per heavy atom. The van der Waals surface area contributed by atoms with Gasteiger partial charge in [0.25, 0.3) is 0 Å². The normalized spacial score (nSPS) is 16.4. The second kappa shape index (κ2) is 7.18. The van der Waals surface area contributed by atoms with Crippen molar-refractivity contribution in [2.24, 2.45) is 0 Å². The van der Waals surface area contributed by atoms with Crippen molar-refractivity contribution in [3.63, 3.8) is 0 Å². The number of likely N-dealkylation sites (tertiary alicyclic amines) is 1. The molecular weight excluding hydrogens is 302 g/mol. The van der Waals surface area contributed by atoms with E-state index in [9.17, 15) is 4.79 Å². The number of ether oxygens (including phenoxy) is 1. The smallest absolute Gasteiger partial charge is 0.408 e. The molecule has 0 N–H and O–H groups in total. The fraction of sp³-hybridized carbons (Fsp3) is 0.474. The Kier molecular flexibility index (Phi) is 5.00. The first-order chi connectivity index (χ1) is 11.6. The summed E-state index contributed by atoms with van der Waals surface area (Å²) in [5, 5.41) is 0.991. The first-order valence-corrected chi connectivity index (χ1v) is 8.58. The monoisotopic (exact) mass is 327 g/mol. The van der Waals surface area contributed by atoms with E-state index < -0.39 is 0 Å². The van der Waals surface area contributed by atoms with Crippen LogP contribution in [-0.4, -0.2) is 48.1 Å². The summed E-state index contributed by atoms with van der Waals surface area (Å²) in [6.45, 7) is 3.68. The molecule has 2 heterocycles. The maximum Gasteiger partial charge on any atom is 0.415 e. The molecule has 1 saturated heterocycles. The number of carbonyl (C=O) groups excluding carboxylic acids is 1. The van der Waals surface area contributed by atoms with E-state index in [-0.39, 0.29) is 12.1 Å². The lowest BCUT2D eigenvalue weighted by Gasteiger charge is -2.26. The molecule has 2 aromatic rings. The molecule has 0 aliphatic carbocycles. The molecule has 128 valence electrons. The highest BCUT2D eigenvalue weighted by atomic mass is 16.6. The number of carbonyl (C=O) groups is 1. The van der Waals surface area contributed by atoms with Crippen LogP contribution in [0.1, 0.15) is 37.8 Å². The molecule has 1 fully saturated rings. The molecule has 0 bridgehead atoms. The molecule has 24 heavy (non-hydrogen) atoms. The second-order valence-electron chi connectivity index (χ2n) is 6.65. The van der Waals surface area contributed by atoms with E-state index in [1.807, 2.05) is 32.3 Å². The van der Waals surface area contributed by atoms with Crippen molar-refractivity contribution in [1.29, 1.82) is 0 Å². The number of hydrogen-bond acceptors (Lipinski definition) is 4. The average Bonchev–Trinajstić information content (AvgIpc) is 2.61. The summed E-state index contributed by atoms with van der Waals surface area (Å²) in [6.07, 6.45) is 4.74. The number of fused-ring (bicyclic) bond motifs is 1. The van der Waals surface area contributed by atoms with Crippen molar-refractivity contribution < 1.29 is 9.53 Å². The van der Waals surface area contributed by atoms with Crippen LogP contribution in [0.2, 0.25) is 0 Å². The van der Waals surface area contributed by atoms with Crippen molar-refractivity contribution in [3.05, 3.63) is 36.0 Å². The molecule has 0 saturated carbocycles. The lowest BCUT2D eigenvalue weighted by Crippen LogP contribution is -2.37. The first-order valence-electron chi connectivity index (χ1n) is 8.58. The first kappa shape index (κ1) is 16.7. The molecule has 0 spiro atoms. The second-order valence-corrected chi connectivity index (χ2v) is 6.65. The number of hydrogen-bond donors (Lipinski definition) is 0. The molecule has 3 rings (SSSR count). The SMILES string of the molecule is CC(c1cc(OC(=O)N2CCCCC2)c2ncccc2c1)N(C)C. The van der Waals surface area contributed by atoms with E-state index in [1.54, 1.807) is 11.1 Å². The number of piperidine rings is 1. The maximum atomic E-state index is 12.5. The molecule has 1 aliphatic rings. The zero-order valence-electron chi connectivity index (χ0n) is 14.7. The van der Waals surface area contributed by atoms with Gasteiger partial charge >= 0.3 is 6.09 Å². The van der Waals surface area contributed by atoms with Gasteiger partial charge in [0.1, 0.15) is 5.52 Å². The third kappa shape index (κ3) is 3.51. The van der Waals surface area contributed by atoms with Gasteiger partial charge in [-0.05, 0) is 64.0 Å². The summed E-state index contributed by atoms with van der Waals surface area (Å²) in [7, 11) is 4.08. The van der Waals surface area contributed by atoms with Gasteiger partial charge in [0.05, 0.1) is 0 Å².